The summed E-state index contributed by atoms with van der Waals surface area (Å²) in [6.45, 7) is 0. The predicted molar refractivity (Wildman–Crippen MR) is 62.3 cm³/mol. The van der Waals surface area contributed by atoms with Gasteiger partial charge < -0.3 is 4.79 Å². The normalized spacial score (nSPS) is 10.2. The Kier molecular flexibility index (Phi) is 3.14. The fraction of sp³-hybridized carbons (Fsp3) is 0.0909. The molecule has 0 aliphatic rings. The number of carbonyl (C=O) groups is 1. The molecule has 0 amide bonds. The molecule has 0 aliphatic heterocycles. The van der Waals surface area contributed by atoms with Crippen LogP contribution in [0.15, 0.2) is 29.6 Å². The van der Waals surface area contributed by atoms with Gasteiger partial charge in [0, 0.05) is 22.4 Å². The number of rotatable bonds is 3. The third-order valence-electron chi connectivity index (χ3n) is 1.94. The largest absolute Gasteiger partial charge is 0.303 e. The topological polar surface area (TPSA) is 30.0 Å². The van der Waals surface area contributed by atoms with E-state index >= 15 is 0 Å². The summed E-state index contributed by atoms with van der Waals surface area (Å²) in [5.41, 5.74) is 1.85. The molecule has 1 aromatic carbocycles. The summed E-state index contributed by atoms with van der Waals surface area (Å²) in [6.07, 6.45) is 1.24. The lowest BCUT2D eigenvalue weighted by atomic mass is 10.2. The van der Waals surface area contributed by atoms with Crippen molar-refractivity contribution < 1.29 is 4.79 Å². The molecule has 4 heteroatoms. The first-order valence-electron chi connectivity index (χ1n) is 4.43. The Bertz CT molecular complexity index is 464. The molecule has 0 fully saturated rings. The summed E-state index contributed by atoms with van der Waals surface area (Å²) in [4.78, 5) is 14.7. The maximum Gasteiger partial charge on any atom is 0.125 e. The second-order valence-corrected chi connectivity index (χ2v) is 4.32. The Morgan fingerprint density at radius 3 is 2.73 bits per heavy atom. The molecule has 1 aromatic heterocycles. The minimum absolute atomic E-state index is 0.379. The maximum atomic E-state index is 10.3. The highest BCUT2D eigenvalue weighted by molar-refractivity contribution is 7.13. The summed E-state index contributed by atoms with van der Waals surface area (Å²) in [6, 6.07) is 7.51. The van der Waals surface area contributed by atoms with Gasteiger partial charge in [0.2, 0.25) is 0 Å². The van der Waals surface area contributed by atoms with Crippen LogP contribution in [0.3, 0.4) is 0 Å². The molecule has 76 valence electrons. The van der Waals surface area contributed by atoms with Crippen molar-refractivity contribution in [1.29, 1.82) is 0 Å². The van der Waals surface area contributed by atoms with Crippen LogP contribution in [0.5, 0.6) is 0 Å². The van der Waals surface area contributed by atoms with E-state index in [1.54, 1.807) is 0 Å². The Balaban J connectivity index is 2.28. The van der Waals surface area contributed by atoms with Crippen molar-refractivity contribution in [3.8, 4) is 10.6 Å². The summed E-state index contributed by atoms with van der Waals surface area (Å²) < 4.78 is 0. The van der Waals surface area contributed by atoms with E-state index in [1.807, 2.05) is 29.6 Å². The molecule has 15 heavy (non-hydrogen) atoms. The third kappa shape index (κ3) is 2.43. The number of nitrogens with zero attached hydrogens (tertiary/aromatic N) is 1. The zero-order valence-electron chi connectivity index (χ0n) is 7.81. The van der Waals surface area contributed by atoms with Crippen molar-refractivity contribution in [1.82, 2.24) is 4.98 Å². The first kappa shape index (κ1) is 10.3. The van der Waals surface area contributed by atoms with Gasteiger partial charge in [0.15, 0.2) is 0 Å². The summed E-state index contributed by atoms with van der Waals surface area (Å²) in [5.74, 6) is 0. The zero-order valence-corrected chi connectivity index (χ0v) is 9.39. The number of benzene rings is 1. The molecule has 0 radical (unpaired) electrons. The number of halogens is 1. The van der Waals surface area contributed by atoms with Gasteiger partial charge >= 0.3 is 0 Å². The lowest BCUT2D eigenvalue weighted by molar-refractivity contribution is -0.107. The van der Waals surface area contributed by atoms with Crippen molar-refractivity contribution in [2.75, 3.05) is 0 Å². The number of hydrogen-bond donors (Lipinski definition) is 0. The minimum Gasteiger partial charge on any atom is -0.303 e. The van der Waals surface area contributed by atoms with Crippen LogP contribution in [0, 0.1) is 0 Å². The Labute approximate surface area is 96.5 Å². The van der Waals surface area contributed by atoms with Gasteiger partial charge in [-0.2, -0.15) is 0 Å². The van der Waals surface area contributed by atoms with Crippen molar-refractivity contribution in [2.45, 2.75) is 6.42 Å². The predicted octanol–water partition coefficient (Wildman–Crippen LogP) is 3.20. The molecule has 0 aliphatic carbocycles. The first-order chi connectivity index (χ1) is 7.29. The highest BCUT2D eigenvalue weighted by Gasteiger charge is 2.03. The van der Waals surface area contributed by atoms with Crippen LogP contribution in [-0.4, -0.2) is 11.3 Å². The molecule has 0 atom stereocenters. The van der Waals surface area contributed by atoms with Crippen LogP contribution in [0.1, 0.15) is 5.69 Å². The van der Waals surface area contributed by atoms with Crippen LogP contribution in [0.4, 0.5) is 0 Å². The first-order valence-corrected chi connectivity index (χ1v) is 5.69. The molecule has 0 saturated heterocycles. The van der Waals surface area contributed by atoms with Crippen LogP contribution >= 0.6 is 22.9 Å². The Hall–Kier alpha value is -1.19. The van der Waals surface area contributed by atoms with E-state index in [1.165, 1.54) is 11.3 Å². The summed E-state index contributed by atoms with van der Waals surface area (Å²) >= 11 is 7.33. The maximum absolute atomic E-state index is 10.3. The van der Waals surface area contributed by atoms with Gasteiger partial charge in [0.25, 0.3) is 0 Å². The van der Waals surface area contributed by atoms with E-state index in [-0.39, 0.29) is 0 Å². The van der Waals surface area contributed by atoms with Crippen LogP contribution in [0.2, 0.25) is 5.02 Å². The average Bonchev–Trinajstić information content (AvgIpc) is 2.68. The Morgan fingerprint density at radius 2 is 2.07 bits per heavy atom. The molecular formula is C11H8ClNOS. The fourth-order valence-corrected chi connectivity index (χ4v) is 2.18. The molecule has 2 rings (SSSR count). The van der Waals surface area contributed by atoms with E-state index in [0.29, 0.717) is 11.4 Å². The van der Waals surface area contributed by atoms with Gasteiger partial charge in [-0.25, -0.2) is 4.98 Å². The second-order valence-electron chi connectivity index (χ2n) is 3.02. The Morgan fingerprint density at radius 1 is 1.33 bits per heavy atom. The van der Waals surface area contributed by atoms with E-state index in [2.05, 4.69) is 4.98 Å². The minimum atomic E-state index is 0.379. The van der Waals surface area contributed by atoms with Crippen molar-refractivity contribution >= 4 is 29.2 Å². The van der Waals surface area contributed by atoms with Gasteiger partial charge in [0.1, 0.15) is 11.3 Å². The molecule has 2 nitrogen and oxygen atoms in total. The molecule has 0 saturated carbocycles. The van der Waals surface area contributed by atoms with Gasteiger partial charge in [-0.15, -0.1) is 11.3 Å². The quantitative estimate of drug-likeness (QED) is 0.768. The number of thiazole rings is 1. The second kappa shape index (κ2) is 4.55. The highest BCUT2D eigenvalue weighted by Crippen LogP contribution is 2.24. The summed E-state index contributed by atoms with van der Waals surface area (Å²) in [7, 11) is 0. The standard InChI is InChI=1S/C11H8ClNOS/c12-9-3-1-8(2-4-9)11-13-10(5-6-14)7-15-11/h1-4,6-7H,5H2. The lowest BCUT2D eigenvalue weighted by Gasteiger charge is -1.95. The van der Waals surface area contributed by atoms with Crippen molar-refractivity contribution in [2.24, 2.45) is 0 Å². The smallest absolute Gasteiger partial charge is 0.125 e. The monoisotopic (exact) mass is 237 g/mol. The van der Waals surface area contributed by atoms with Crippen molar-refractivity contribution in [3.63, 3.8) is 0 Å². The number of carbonyl (C=O) groups excluding carboxylic acids is 1. The van der Waals surface area contributed by atoms with Crippen LogP contribution in [-0.2, 0) is 11.2 Å². The SMILES string of the molecule is O=CCc1csc(-c2ccc(Cl)cc2)n1. The number of aldehydes is 1. The molecule has 0 N–H and O–H groups in total. The zero-order chi connectivity index (χ0) is 10.7. The molecule has 0 bridgehead atoms. The highest BCUT2D eigenvalue weighted by atomic mass is 35.5. The lowest BCUT2D eigenvalue weighted by Crippen LogP contribution is -1.85. The molecule has 1 heterocycles. The molecular weight excluding hydrogens is 230 g/mol. The van der Waals surface area contributed by atoms with Crippen LogP contribution in [0.25, 0.3) is 10.6 Å². The molecule has 0 unspecified atom stereocenters. The summed E-state index contributed by atoms with van der Waals surface area (Å²) in [5, 5.41) is 3.53. The number of hydrogen-bond acceptors (Lipinski definition) is 3. The van der Waals surface area contributed by atoms with Gasteiger partial charge in [0.05, 0.1) is 5.69 Å². The van der Waals surface area contributed by atoms with E-state index in [0.717, 1.165) is 22.6 Å². The van der Waals surface area contributed by atoms with E-state index in [9.17, 15) is 4.79 Å². The average molecular weight is 238 g/mol. The van der Waals surface area contributed by atoms with Gasteiger partial charge in [-0.3, -0.25) is 0 Å². The van der Waals surface area contributed by atoms with Gasteiger partial charge in [-0.05, 0) is 12.1 Å². The fourth-order valence-electron chi connectivity index (χ4n) is 1.21. The van der Waals surface area contributed by atoms with Crippen molar-refractivity contribution in [3.05, 3.63) is 40.4 Å². The van der Waals surface area contributed by atoms with E-state index in [4.69, 9.17) is 11.6 Å². The molecule has 2 aromatic rings. The van der Waals surface area contributed by atoms with Gasteiger partial charge in [-0.1, -0.05) is 23.7 Å². The number of aromatic nitrogens is 1. The van der Waals surface area contributed by atoms with Crippen LogP contribution < -0.4 is 0 Å². The third-order valence-corrected chi connectivity index (χ3v) is 3.13. The molecule has 0 spiro atoms. The van der Waals surface area contributed by atoms with E-state index < -0.39 is 0 Å².